The zero-order valence-electron chi connectivity index (χ0n) is 11.9. The van der Waals surface area contributed by atoms with E-state index in [1.54, 1.807) is 7.11 Å². The van der Waals surface area contributed by atoms with Gasteiger partial charge in [-0.3, -0.25) is 4.90 Å². The Morgan fingerprint density at radius 2 is 2.35 bits per heavy atom. The van der Waals surface area contributed by atoms with Gasteiger partial charge in [0.15, 0.2) is 0 Å². The van der Waals surface area contributed by atoms with Crippen molar-refractivity contribution in [1.29, 1.82) is 0 Å². The van der Waals surface area contributed by atoms with Crippen molar-refractivity contribution in [3.8, 4) is 5.75 Å². The van der Waals surface area contributed by atoms with E-state index in [0.29, 0.717) is 6.04 Å². The summed E-state index contributed by atoms with van der Waals surface area (Å²) in [6, 6.07) is 6.44. The molecule has 20 heavy (non-hydrogen) atoms. The first-order valence-electron chi connectivity index (χ1n) is 7.31. The van der Waals surface area contributed by atoms with Crippen LogP contribution in [-0.2, 0) is 6.42 Å². The lowest BCUT2D eigenvalue weighted by Gasteiger charge is -2.22. The first-order chi connectivity index (χ1) is 9.83. The minimum absolute atomic E-state index is 0.275. The van der Waals surface area contributed by atoms with Gasteiger partial charge in [0.2, 0.25) is 0 Å². The van der Waals surface area contributed by atoms with Crippen molar-refractivity contribution in [2.75, 3.05) is 26.8 Å². The Morgan fingerprint density at radius 1 is 1.45 bits per heavy atom. The molecular formula is C16H22N2O2. The quantitative estimate of drug-likeness (QED) is 0.878. The fraction of sp³-hybridized carbons (Fsp3) is 0.500. The number of aromatic amines is 1. The van der Waals surface area contributed by atoms with Crippen LogP contribution in [0.1, 0.15) is 18.4 Å². The maximum absolute atomic E-state index is 9.38. The van der Waals surface area contributed by atoms with E-state index < -0.39 is 0 Å². The second kappa shape index (κ2) is 5.85. The van der Waals surface area contributed by atoms with Crippen molar-refractivity contribution >= 4 is 10.9 Å². The number of likely N-dealkylation sites (tertiary alicyclic amines) is 1. The average Bonchev–Trinajstić information content (AvgIpc) is 3.10. The second-order valence-corrected chi connectivity index (χ2v) is 5.46. The molecule has 0 saturated carbocycles. The molecule has 2 heterocycles. The third-order valence-corrected chi connectivity index (χ3v) is 4.35. The average molecular weight is 274 g/mol. The van der Waals surface area contributed by atoms with Gasteiger partial charge >= 0.3 is 0 Å². The lowest BCUT2D eigenvalue weighted by Crippen LogP contribution is -2.33. The van der Waals surface area contributed by atoms with Crippen LogP contribution in [0.4, 0.5) is 0 Å². The minimum atomic E-state index is 0.275. The van der Waals surface area contributed by atoms with Gasteiger partial charge in [0.1, 0.15) is 5.75 Å². The van der Waals surface area contributed by atoms with Gasteiger partial charge in [-0.1, -0.05) is 6.07 Å². The van der Waals surface area contributed by atoms with Crippen LogP contribution >= 0.6 is 0 Å². The van der Waals surface area contributed by atoms with E-state index in [2.05, 4.69) is 22.1 Å². The van der Waals surface area contributed by atoms with E-state index in [9.17, 15) is 5.11 Å². The van der Waals surface area contributed by atoms with Crippen LogP contribution in [0.15, 0.2) is 24.4 Å². The molecule has 4 nitrogen and oxygen atoms in total. The van der Waals surface area contributed by atoms with Crippen LogP contribution in [0.5, 0.6) is 5.75 Å². The maximum Gasteiger partial charge on any atom is 0.128 e. The van der Waals surface area contributed by atoms with E-state index in [-0.39, 0.29) is 6.61 Å². The van der Waals surface area contributed by atoms with E-state index >= 15 is 0 Å². The number of nitrogens with one attached hydrogen (secondary N) is 1. The molecule has 1 aromatic carbocycles. The third-order valence-electron chi connectivity index (χ3n) is 4.35. The highest BCUT2D eigenvalue weighted by molar-refractivity contribution is 5.89. The number of benzene rings is 1. The summed E-state index contributed by atoms with van der Waals surface area (Å²) in [7, 11) is 1.72. The van der Waals surface area contributed by atoms with E-state index in [4.69, 9.17) is 4.74 Å². The fourth-order valence-corrected chi connectivity index (χ4v) is 3.25. The number of rotatable bonds is 5. The summed E-state index contributed by atoms with van der Waals surface area (Å²) in [6.45, 7) is 2.37. The molecule has 1 aliphatic rings. The van der Waals surface area contributed by atoms with Gasteiger partial charge in [-0.25, -0.2) is 0 Å². The Hall–Kier alpha value is -1.52. The van der Waals surface area contributed by atoms with Gasteiger partial charge in [-0.05, 0) is 43.5 Å². The zero-order chi connectivity index (χ0) is 13.9. The molecule has 2 aromatic rings. The molecule has 0 amide bonds. The number of fused-ring (bicyclic) bond motifs is 1. The molecule has 108 valence electrons. The molecule has 0 aliphatic carbocycles. The van der Waals surface area contributed by atoms with Gasteiger partial charge < -0.3 is 14.8 Å². The molecule has 1 aromatic heterocycles. The Morgan fingerprint density at radius 3 is 3.15 bits per heavy atom. The maximum atomic E-state index is 9.38. The molecular weight excluding hydrogens is 252 g/mol. The molecule has 4 heteroatoms. The van der Waals surface area contributed by atoms with Gasteiger partial charge in [0.05, 0.1) is 13.7 Å². The van der Waals surface area contributed by atoms with Crippen molar-refractivity contribution in [2.24, 2.45) is 0 Å². The van der Waals surface area contributed by atoms with Crippen LogP contribution < -0.4 is 4.74 Å². The smallest absolute Gasteiger partial charge is 0.128 e. The monoisotopic (exact) mass is 274 g/mol. The predicted molar refractivity (Wildman–Crippen MR) is 80.2 cm³/mol. The van der Waals surface area contributed by atoms with Crippen LogP contribution in [0.25, 0.3) is 10.9 Å². The van der Waals surface area contributed by atoms with Crippen molar-refractivity contribution < 1.29 is 9.84 Å². The summed E-state index contributed by atoms with van der Waals surface area (Å²) in [5.74, 6) is 0.930. The minimum Gasteiger partial charge on any atom is -0.496 e. The molecule has 0 unspecified atom stereocenters. The van der Waals surface area contributed by atoms with E-state index in [1.807, 2.05) is 12.1 Å². The first kappa shape index (κ1) is 13.5. The van der Waals surface area contributed by atoms with Crippen LogP contribution in [0.3, 0.4) is 0 Å². The summed E-state index contributed by atoms with van der Waals surface area (Å²) in [5.41, 5.74) is 2.42. The standard InChI is InChI=1S/C16H22N2O2/c1-20-15-6-2-5-14-16(15)12(10-17-14)7-9-18-8-3-4-13(18)11-19/h2,5-6,10,13,17,19H,3-4,7-9,11H2,1H3/t13-/m0/s1. The summed E-state index contributed by atoms with van der Waals surface area (Å²) < 4.78 is 5.47. The SMILES string of the molecule is COc1cccc2[nH]cc(CCN3CCC[C@H]3CO)c12. The normalized spacial score (nSPS) is 19.8. The molecule has 1 aliphatic heterocycles. The molecule has 0 bridgehead atoms. The second-order valence-electron chi connectivity index (χ2n) is 5.46. The Labute approximate surface area is 119 Å². The number of nitrogens with zero attached hydrogens (tertiary/aromatic N) is 1. The van der Waals surface area contributed by atoms with Gasteiger partial charge in [-0.15, -0.1) is 0 Å². The lowest BCUT2D eigenvalue weighted by molar-refractivity contribution is 0.160. The zero-order valence-corrected chi connectivity index (χ0v) is 11.9. The van der Waals surface area contributed by atoms with E-state index in [1.165, 1.54) is 17.4 Å². The molecule has 2 N–H and O–H groups in total. The number of aliphatic hydroxyl groups is 1. The number of hydrogen-bond acceptors (Lipinski definition) is 3. The summed E-state index contributed by atoms with van der Waals surface area (Å²) in [5, 5.41) is 10.6. The van der Waals surface area contributed by atoms with Gasteiger partial charge in [0, 0.05) is 29.7 Å². The van der Waals surface area contributed by atoms with E-state index in [0.717, 1.165) is 37.2 Å². The van der Waals surface area contributed by atoms with Crippen molar-refractivity contribution in [3.63, 3.8) is 0 Å². The summed E-state index contributed by atoms with van der Waals surface area (Å²) in [4.78, 5) is 5.71. The topological polar surface area (TPSA) is 48.5 Å². The van der Waals surface area contributed by atoms with Crippen molar-refractivity contribution in [1.82, 2.24) is 9.88 Å². The third kappa shape index (κ3) is 2.41. The number of aromatic nitrogens is 1. The molecule has 0 spiro atoms. The van der Waals surface area contributed by atoms with Crippen LogP contribution in [0.2, 0.25) is 0 Å². The van der Waals surface area contributed by atoms with Crippen molar-refractivity contribution in [2.45, 2.75) is 25.3 Å². The molecule has 3 rings (SSSR count). The number of methoxy groups -OCH3 is 1. The number of H-pyrrole nitrogens is 1. The highest BCUT2D eigenvalue weighted by Crippen LogP contribution is 2.29. The van der Waals surface area contributed by atoms with Gasteiger partial charge in [0.25, 0.3) is 0 Å². The molecule has 1 fully saturated rings. The first-order valence-corrected chi connectivity index (χ1v) is 7.31. The van der Waals surface area contributed by atoms with Crippen LogP contribution in [0, 0.1) is 0 Å². The molecule has 1 atom stereocenters. The predicted octanol–water partition coefficient (Wildman–Crippen LogP) is 2.18. The molecule has 0 radical (unpaired) electrons. The Balaban J connectivity index is 1.77. The Kier molecular flexibility index (Phi) is 3.94. The highest BCUT2D eigenvalue weighted by atomic mass is 16.5. The Bertz CT molecular complexity index is 579. The summed E-state index contributed by atoms with van der Waals surface area (Å²) >= 11 is 0. The highest BCUT2D eigenvalue weighted by Gasteiger charge is 2.23. The largest absolute Gasteiger partial charge is 0.496 e. The fourth-order valence-electron chi connectivity index (χ4n) is 3.25. The number of aliphatic hydroxyl groups excluding tert-OH is 1. The molecule has 1 saturated heterocycles. The van der Waals surface area contributed by atoms with Gasteiger partial charge in [-0.2, -0.15) is 0 Å². The number of ether oxygens (including phenoxy) is 1. The van der Waals surface area contributed by atoms with Crippen molar-refractivity contribution in [3.05, 3.63) is 30.0 Å². The number of hydrogen-bond donors (Lipinski definition) is 2. The summed E-state index contributed by atoms with van der Waals surface area (Å²) in [6.07, 6.45) is 5.38. The lowest BCUT2D eigenvalue weighted by atomic mass is 10.1. The van der Waals surface area contributed by atoms with Crippen LogP contribution in [-0.4, -0.2) is 47.8 Å².